The molecular weight excluding hydrogens is 273 g/mol. The molecule has 0 aliphatic heterocycles. The first kappa shape index (κ1) is 14.6. The molecular formula is C13H17F2O3P. The van der Waals surface area contributed by atoms with Gasteiger partial charge in [-0.15, -0.1) is 0 Å². The van der Waals surface area contributed by atoms with Gasteiger partial charge < -0.3 is 9.42 Å². The molecule has 0 spiro atoms. The summed E-state index contributed by atoms with van der Waals surface area (Å²) in [4.78, 5) is 9.83. The molecule has 0 bridgehead atoms. The van der Waals surface area contributed by atoms with E-state index in [0.29, 0.717) is 6.42 Å². The summed E-state index contributed by atoms with van der Waals surface area (Å²) >= 11 is 0. The Hall–Kier alpha value is -0.770. The van der Waals surface area contributed by atoms with E-state index in [1.54, 1.807) is 6.07 Å². The molecule has 0 amide bonds. The van der Waals surface area contributed by atoms with Gasteiger partial charge in [0.05, 0.1) is 12.3 Å². The van der Waals surface area contributed by atoms with Gasteiger partial charge in [0, 0.05) is 5.56 Å². The van der Waals surface area contributed by atoms with Crippen molar-refractivity contribution in [1.29, 1.82) is 0 Å². The summed E-state index contributed by atoms with van der Waals surface area (Å²) in [5.74, 6) is -0.497. The van der Waals surface area contributed by atoms with Crippen LogP contribution in [-0.4, -0.2) is 16.7 Å². The first-order valence-corrected chi connectivity index (χ1v) is 8.00. The quantitative estimate of drug-likeness (QED) is 0.858. The minimum atomic E-state index is -4.05. The summed E-state index contributed by atoms with van der Waals surface area (Å²) in [5, 5.41) is 0. The van der Waals surface area contributed by atoms with E-state index in [-0.39, 0.29) is 18.6 Å². The summed E-state index contributed by atoms with van der Waals surface area (Å²) in [6, 6.07) is 5.86. The summed E-state index contributed by atoms with van der Waals surface area (Å²) in [7, 11) is -4.05. The lowest BCUT2D eigenvalue weighted by atomic mass is 9.98. The lowest BCUT2D eigenvalue weighted by Gasteiger charge is -2.29. The molecule has 1 aliphatic carbocycles. The molecule has 1 N–H and O–H groups in total. The summed E-state index contributed by atoms with van der Waals surface area (Å²) in [6.07, 6.45) is 0.763. The van der Waals surface area contributed by atoms with Gasteiger partial charge in [0.25, 0.3) is 0 Å². The van der Waals surface area contributed by atoms with Crippen LogP contribution in [0.25, 0.3) is 0 Å². The third-order valence-corrected chi connectivity index (χ3v) is 5.35. The van der Waals surface area contributed by atoms with E-state index in [2.05, 4.69) is 0 Å². The highest BCUT2D eigenvalue weighted by molar-refractivity contribution is 7.53. The maximum atomic E-state index is 13.7. The van der Waals surface area contributed by atoms with Crippen molar-refractivity contribution in [2.75, 3.05) is 0 Å². The Balaban J connectivity index is 2.01. The van der Waals surface area contributed by atoms with E-state index in [1.165, 1.54) is 18.2 Å². The van der Waals surface area contributed by atoms with Crippen LogP contribution >= 0.6 is 7.60 Å². The topological polar surface area (TPSA) is 46.5 Å². The summed E-state index contributed by atoms with van der Waals surface area (Å²) in [5.41, 5.74) is -0.781. The number of alkyl halides is 1. The van der Waals surface area contributed by atoms with Gasteiger partial charge in [0.2, 0.25) is 0 Å². The lowest BCUT2D eigenvalue weighted by molar-refractivity contribution is 0.191. The summed E-state index contributed by atoms with van der Waals surface area (Å²) < 4.78 is 44.0. The Labute approximate surface area is 111 Å². The molecule has 1 saturated carbocycles. The number of hydrogen-bond acceptors (Lipinski definition) is 2. The molecule has 0 radical (unpaired) electrons. The van der Waals surface area contributed by atoms with Crippen LogP contribution in [0.4, 0.5) is 8.78 Å². The molecule has 3 unspecified atom stereocenters. The number of rotatable bonds is 4. The van der Waals surface area contributed by atoms with E-state index in [4.69, 9.17) is 4.52 Å². The molecule has 0 saturated heterocycles. The molecule has 3 atom stereocenters. The molecule has 1 fully saturated rings. The van der Waals surface area contributed by atoms with Crippen molar-refractivity contribution < 1.29 is 22.8 Å². The average Bonchev–Trinajstić information content (AvgIpc) is 2.38. The largest absolute Gasteiger partial charge is 0.334 e. The van der Waals surface area contributed by atoms with Crippen molar-refractivity contribution in [3.05, 3.63) is 35.6 Å². The first-order chi connectivity index (χ1) is 9.00. The first-order valence-electron chi connectivity index (χ1n) is 6.35. The van der Waals surface area contributed by atoms with E-state index in [1.807, 2.05) is 0 Å². The molecule has 1 aromatic carbocycles. The van der Waals surface area contributed by atoms with Crippen LogP contribution in [-0.2, 0) is 15.7 Å². The van der Waals surface area contributed by atoms with Crippen LogP contribution in [0.5, 0.6) is 0 Å². The number of halogens is 2. The Kier molecular flexibility index (Phi) is 4.71. The highest BCUT2D eigenvalue weighted by Gasteiger charge is 2.40. The van der Waals surface area contributed by atoms with Gasteiger partial charge in [0.1, 0.15) is 12.0 Å². The second kappa shape index (κ2) is 6.12. The molecule has 106 valence electrons. The third kappa shape index (κ3) is 3.62. The molecule has 0 heterocycles. The Morgan fingerprint density at radius 3 is 2.68 bits per heavy atom. The minimum Gasteiger partial charge on any atom is -0.324 e. The van der Waals surface area contributed by atoms with E-state index in [9.17, 15) is 18.2 Å². The van der Waals surface area contributed by atoms with Gasteiger partial charge >= 0.3 is 7.60 Å². The van der Waals surface area contributed by atoms with Crippen LogP contribution in [0.2, 0.25) is 0 Å². The van der Waals surface area contributed by atoms with Crippen LogP contribution in [0.15, 0.2) is 24.3 Å². The van der Waals surface area contributed by atoms with Crippen molar-refractivity contribution in [3.63, 3.8) is 0 Å². The molecule has 6 heteroatoms. The second-order valence-electron chi connectivity index (χ2n) is 4.80. The van der Waals surface area contributed by atoms with E-state index in [0.717, 1.165) is 12.8 Å². The zero-order chi connectivity index (χ0) is 13.9. The molecule has 0 aromatic heterocycles. The van der Waals surface area contributed by atoms with Crippen molar-refractivity contribution in [3.8, 4) is 0 Å². The van der Waals surface area contributed by atoms with Crippen LogP contribution < -0.4 is 0 Å². The monoisotopic (exact) mass is 290 g/mol. The second-order valence-corrected chi connectivity index (χ2v) is 6.85. The van der Waals surface area contributed by atoms with Crippen molar-refractivity contribution in [2.24, 2.45) is 0 Å². The predicted molar refractivity (Wildman–Crippen MR) is 68.2 cm³/mol. The maximum Gasteiger partial charge on any atom is 0.334 e. The fraction of sp³-hybridized carbons (Fsp3) is 0.538. The number of hydrogen-bond donors (Lipinski definition) is 1. The van der Waals surface area contributed by atoms with E-state index < -0.39 is 25.2 Å². The summed E-state index contributed by atoms with van der Waals surface area (Å²) in [6.45, 7) is -0.316. The van der Waals surface area contributed by atoms with Crippen LogP contribution in [0, 0.1) is 5.82 Å². The normalized spacial score (nSPS) is 26.9. The molecule has 19 heavy (non-hydrogen) atoms. The average molecular weight is 290 g/mol. The fourth-order valence-electron chi connectivity index (χ4n) is 2.31. The van der Waals surface area contributed by atoms with Gasteiger partial charge in [-0.25, -0.2) is 8.78 Å². The molecule has 1 aliphatic rings. The number of benzene rings is 1. The van der Waals surface area contributed by atoms with Gasteiger partial charge in [0.15, 0.2) is 0 Å². The Bertz CT molecular complexity index is 481. The molecule has 1 aromatic rings. The van der Waals surface area contributed by atoms with Crippen molar-refractivity contribution in [2.45, 2.75) is 44.1 Å². The molecule has 2 rings (SSSR count). The van der Waals surface area contributed by atoms with Crippen molar-refractivity contribution in [1.82, 2.24) is 0 Å². The Morgan fingerprint density at radius 1 is 1.32 bits per heavy atom. The van der Waals surface area contributed by atoms with Gasteiger partial charge in [-0.05, 0) is 18.9 Å². The minimum absolute atomic E-state index is 0.197. The molecule has 3 nitrogen and oxygen atoms in total. The van der Waals surface area contributed by atoms with E-state index >= 15 is 0 Å². The van der Waals surface area contributed by atoms with Gasteiger partial charge in [-0.3, -0.25) is 4.57 Å². The van der Waals surface area contributed by atoms with Crippen molar-refractivity contribution >= 4 is 7.60 Å². The fourth-order valence-corrected chi connectivity index (χ4v) is 3.89. The third-order valence-electron chi connectivity index (χ3n) is 3.43. The smallest absolute Gasteiger partial charge is 0.324 e. The van der Waals surface area contributed by atoms with Gasteiger partial charge in [-0.2, -0.15) is 0 Å². The van der Waals surface area contributed by atoms with Gasteiger partial charge in [-0.1, -0.05) is 31.0 Å². The van der Waals surface area contributed by atoms with Crippen LogP contribution in [0.3, 0.4) is 0 Å². The SMILES string of the molecule is O=P(O)(OCc1ccccc1F)C1CCCCC1F. The maximum absolute atomic E-state index is 13.7. The zero-order valence-electron chi connectivity index (χ0n) is 10.5. The van der Waals surface area contributed by atoms with Crippen LogP contribution in [0.1, 0.15) is 31.2 Å². The zero-order valence-corrected chi connectivity index (χ0v) is 11.4. The lowest BCUT2D eigenvalue weighted by Crippen LogP contribution is -2.27. The predicted octanol–water partition coefficient (Wildman–Crippen LogP) is 3.81. The Morgan fingerprint density at radius 2 is 2.00 bits per heavy atom. The highest BCUT2D eigenvalue weighted by Crippen LogP contribution is 2.54. The highest BCUT2D eigenvalue weighted by atomic mass is 31.2. The standard InChI is InChI=1S/C13H17F2O3P/c14-11-6-2-1-5-10(11)9-18-19(16,17)13-8-4-3-7-12(13)15/h1-2,5-6,12-13H,3-4,7-9H2,(H,16,17).